The van der Waals surface area contributed by atoms with Crippen LogP contribution in [0.25, 0.3) is 22.2 Å². The van der Waals surface area contributed by atoms with Crippen LogP contribution in [0.3, 0.4) is 0 Å². The predicted molar refractivity (Wildman–Crippen MR) is 196 cm³/mol. The number of ether oxygens (including phenoxy) is 2. The van der Waals surface area contributed by atoms with Crippen molar-refractivity contribution in [1.29, 1.82) is 0 Å². The first-order valence-corrected chi connectivity index (χ1v) is 17.9. The van der Waals surface area contributed by atoms with Gasteiger partial charge in [-0.1, -0.05) is 72.8 Å². The number of carboxylic acids is 1. The lowest BCUT2D eigenvalue weighted by atomic mass is 9.97. The highest BCUT2D eigenvalue weighted by atomic mass is 16.7. The number of aliphatic carboxylic acids is 1. The summed E-state index contributed by atoms with van der Waals surface area (Å²) in [6.07, 6.45) is 1.22. The highest BCUT2D eigenvalue weighted by molar-refractivity contribution is 5.80. The summed E-state index contributed by atoms with van der Waals surface area (Å²) in [6.45, 7) is 2.72. The minimum absolute atomic E-state index is 0.0219. The molecule has 3 atom stereocenters. The van der Waals surface area contributed by atoms with E-state index in [-0.39, 0.29) is 49.3 Å². The summed E-state index contributed by atoms with van der Waals surface area (Å²) in [6, 6.07) is 31.9. The van der Waals surface area contributed by atoms with E-state index in [1.807, 2.05) is 95.6 Å². The van der Waals surface area contributed by atoms with Crippen molar-refractivity contribution >= 4 is 22.9 Å². The van der Waals surface area contributed by atoms with Gasteiger partial charge in [0.2, 0.25) is 5.91 Å². The second-order valence-electron chi connectivity index (χ2n) is 13.7. The number of aromatic nitrogens is 2. The maximum absolute atomic E-state index is 12.9. The van der Waals surface area contributed by atoms with Gasteiger partial charge < -0.3 is 34.9 Å². The fourth-order valence-electron chi connectivity index (χ4n) is 7.35. The van der Waals surface area contributed by atoms with E-state index in [1.165, 1.54) is 0 Å². The number of carboxylic acid groups (broad SMARTS) is 1. The van der Waals surface area contributed by atoms with E-state index in [2.05, 4.69) is 21.3 Å². The van der Waals surface area contributed by atoms with E-state index in [4.69, 9.17) is 14.6 Å². The van der Waals surface area contributed by atoms with Crippen LogP contribution in [0.15, 0.2) is 102 Å². The van der Waals surface area contributed by atoms with Gasteiger partial charge in [0.05, 0.1) is 36.3 Å². The summed E-state index contributed by atoms with van der Waals surface area (Å²) in [5.74, 6) is -1.30. The Morgan fingerprint density at radius 1 is 0.827 bits per heavy atom. The number of aliphatic hydroxyl groups is 1. The number of aliphatic hydroxyl groups excluding tert-OH is 1. The molecule has 11 heteroatoms. The molecule has 0 spiro atoms. The fraction of sp³-hybridized carbons (Fsp3) is 0.341. The summed E-state index contributed by atoms with van der Waals surface area (Å²) < 4.78 is 15.3. The third-order valence-electron chi connectivity index (χ3n) is 10.1. The minimum atomic E-state index is -0.999. The number of aromatic amines is 1. The van der Waals surface area contributed by atoms with E-state index in [0.29, 0.717) is 13.0 Å². The number of imidazole rings is 1. The molecule has 0 radical (unpaired) electrons. The molecular weight excluding hydrogens is 660 g/mol. The number of nitrogens with zero attached hydrogens (tertiary/aromatic N) is 2. The number of carbonyl (C=O) groups excluding carboxylic acids is 1. The zero-order valence-corrected chi connectivity index (χ0v) is 28.9. The zero-order chi connectivity index (χ0) is 36.0. The van der Waals surface area contributed by atoms with Crippen molar-refractivity contribution in [2.45, 2.75) is 69.8 Å². The first-order valence-electron chi connectivity index (χ1n) is 17.9. The maximum Gasteiger partial charge on any atom is 0.326 e. The number of piperidine rings is 1. The van der Waals surface area contributed by atoms with Crippen molar-refractivity contribution in [1.82, 2.24) is 19.8 Å². The number of carbonyl (C=O) groups is 2. The van der Waals surface area contributed by atoms with Gasteiger partial charge in [-0.15, -0.1) is 0 Å². The van der Waals surface area contributed by atoms with E-state index >= 15 is 0 Å². The minimum Gasteiger partial charge on any atom is -0.481 e. The van der Waals surface area contributed by atoms with E-state index in [1.54, 1.807) is 0 Å². The van der Waals surface area contributed by atoms with Crippen molar-refractivity contribution in [2.24, 2.45) is 0 Å². The normalized spacial score (nSPS) is 19.8. The van der Waals surface area contributed by atoms with Gasteiger partial charge in [-0.3, -0.25) is 14.2 Å². The van der Waals surface area contributed by atoms with Gasteiger partial charge in [-0.25, -0.2) is 4.79 Å². The number of rotatable bonds is 12. The summed E-state index contributed by atoms with van der Waals surface area (Å²) in [7, 11) is 0. The molecule has 52 heavy (non-hydrogen) atoms. The smallest absolute Gasteiger partial charge is 0.326 e. The van der Waals surface area contributed by atoms with Crippen LogP contribution in [0.2, 0.25) is 0 Å². The maximum atomic E-state index is 12.9. The molecule has 4 aromatic carbocycles. The number of amides is 1. The lowest BCUT2D eigenvalue weighted by molar-refractivity contribution is -0.253. The van der Waals surface area contributed by atoms with Crippen LogP contribution in [0.5, 0.6) is 0 Å². The number of H-pyrrole nitrogens is 1. The Hall–Kier alpha value is -5.07. The Bertz CT molecular complexity index is 2070. The summed E-state index contributed by atoms with van der Waals surface area (Å²) in [5.41, 5.74) is 7.38. The topological polar surface area (TPSA) is 146 Å². The van der Waals surface area contributed by atoms with Gasteiger partial charge in [-0.05, 0) is 64.9 Å². The second kappa shape index (κ2) is 16.1. The average molecular weight is 705 g/mol. The number of benzene rings is 4. The number of hydrogen-bond acceptors (Lipinski definition) is 7. The third-order valence-corrected chi connectivity index (χ3v) is 10.1. The van der Waals surface area contributed by atoms with Crippen LogP contribution >= 0.6 is 0 Å². The number of likely N-dealkylation sites (tertiary alicyclic amines) is 1. The molecule has 0 aliphatic carbocycles. The molecule has 3 heterocycles. The van der Waals surface area contributed by atoms with Crippen molar-refractivity contribution in [2.75, 3.05) is 19.6 Å². The van der Waals surface area contributed by atoms with Crippen molar-refractivity contribution in [3.8, 4) is 11.1 Å². The van der Waals surface area contributed by atoms with Crippen molar-refractivity contribution in [3.05, 3.63) is 130 Å². The van der Waals surface area contributed by atoms with Crippen LogP contribution < -0.4 is 11.0 Å². The largest absolute Gasteiger partial charge is 0.481 e. The highest BCUT2D eigenvalue weighted by Gasteiger charge is 2.34. The van der Waals surface area contributed by atoms with Gasteiger partial charge in [0.15, 0.2) is 6.29 Å². The molecular formula is C41H44N4O7. The lowest BCUT2D eigenvalue weighted by Gasteiger charge is -2.40. The number of para-hydroxylation sites is 2. The van der Waals surface area contributed by atoms with Gasteiger partial charge in [0.1, 0.15) is 0 Å². The van der Waals surface area contributed by atoms with Crippen LogP contribution in [0, 0.1) is 0 Å². The van der Waals surface area contributed by atoms with Crippen LogP contribution in [0.4, 0.5) is 0 Å². The number of fused-ring (bicyclic) bond motifs is 1. The van der Waals surface area contributed by atoms with Gasteiger partial charge in [-0.2, -0.15) is 0 Å². The molecule has 0 unspecified atom stereocenters. The fourth-order valence-corrected chi connectivity index (χ4v) is 7.35. The van der Waals surface area contributed by atoms with Gasteiger partial charge in [0, 0.05) is 50.6 Å². The molecule has 0 bridgehead atoms. The Labute approximate surface area is 301 Å². The van der Waals surface area contributed by atoms with Crippen molar-refractivity contribution < 1.29 is 29.3 Å². The first-order chi connectivity index (χ1) is 25.3. The second-order valence-corrected chi connectivity index (χ2v) is 13.7. The Balaban J connectivity index is 1.06. The first kappa shape index (κ1) is 35.3. The van der Waals surface area contributed by atoms with Crippen molar-refractivity contribution in [3.63, 3.8) is 0 Å². The molecule has 2 aliphatic rings. The Kier molecular flexibility index (Phi) is 10.9. The molecule has 2 fully saturated rings. The van der Waals surface area contributed by atoms with Gasteiger partial charge >= 0.3 is 11.7 Å². The van der Waals surface area contributed by atoms with Gasteiger partial charge in [0.25, 0.3) is 0 Å². The van der Waals surface area contributed by atoms with E-state index < -0.39 is 12.3 Å². The average Bonchev–Trinajstić information content (AvgIpc) is 3.52. The highest BCUT2D eigenvalue weighted by Crippen LogP contribution is 2.39. The number of hydrogen-bond donors (Lipinski definition) is 4. The zero-order valence-electron chi connectivity index (χ0n) is 28.9. The summed E-state index contributed by atoms with van der Waals surface area (Å²) in [4.78, 5) is 41.2. The molecule has 2 aliphatic heterocycles. The Morgan fingerprint density at radius 3 is 2.35 bits per heavy atom. The quantitative estimate of drug-likeness (QED) is 0.127. The molecule has 270 valence electrons. The monoisotopic (exact) mass is 704 g/mol. The molecule has 4 N–H and O–H groups in total. The van der Waals surface area contributed by atoms with Crippen LogP contribution in [-0.4, -0.2) is 62.3 Å². The van der Waals surface area contributed by atoms with E-state index in [0.717, 1.165) is 76.9 Å². The standard InChI is InChI=1S/C41H44N4O7/c46-26-27-11-13-29(14-12-27)37-23-34(25-44-19-17-33(18-20-44)45-36-10-2-1-9-35(36)43-41(45)50)51-40(52-37)32-8-4-7-31(22-32)30-6-3-5-28(21-30)24-42-38(47)15-16-39(48)49/h1-14,21-22,33-34,37,40,46H,15-20,23-26H2,(H,42,47)(H,43,50)(H,48,49)/t34-,37+,40+/m1/s1. The SMILES string of the molecule is O=C(O)CCC(=O)NCc1cccc(-c2cccc([C@H]3O[C@@H](CN4CCC(n5c(=O)[nH]c6ccccc65)CC4)C[C@@H](c4ccc(CO)cc4)O3)c2)c1. The molecule has 5 aromatic rings. The van der Waals surface area contributed by atoms with Crippen LogP contribution in [0.1, 0.15) is 72.8 Å². The predicted octanol–water partition coefficient (Wildman–Crippen LogP) is 5.85. The van der Waals surface area contributed by atoms with Crippen LogP contribution in [-0.2, 0) is 32.2 Å². The summed E-state index contributed by atoms with van der Waals surface area (Å²) in [5, 5.41) is 21.3. The molecule has 1 amide bonds. The Morgan fingerprint density at radius 2 is 1.58 bits per heavy atom. The molecule has 0 saturated carbocycles. The molecule has 1 aromatic heterocycles. The lowest BCUT2D eigenvalue weighted by Crippen LogP contribution is -2.43. The molecule has 2 saturated heterocycles. The molecule has 11 nitrogen and oxygen atoms in total. The molecule has 7 rings (SSSR count). The summed E-state index contributed by atoms with van der Waals surface area (Å²) >= 11 is 0. The van der Waals surface area contributed by atoms with E-state index in [9.17, 15) is 19.5 Å². The number of nitrogens with one attached hydrogen (secondary N) is 2. The third kappa shape index (κ3) is 8.35.